The third-order valence-electron chi connectivity index (χ3n) is 3.06. The summed E-state index contributed by atoms with van der Waals surface area (Å²) >= 11 is 0. The number of benzene rings is 1. The molecule has 1 aliphatic heterocycles. The Balaban J connectivity index is 2.05. The van der Waals surface area contributed by atoms with Gasteiger partial charge in [0.05, 0.1) is 6.54 Å². The van der Waals surface area contributed by atoms with Crippen molar-refractivity contribution in [3.63, 3.8) is 0 Å². The maximum Gasteiger partial charge on any atom is 0.243 e. The van der Waals surface area contributed by atoms with Crippen molar-refractivity contribution in [1.29, 1.82) is 0 Å². The number of nitrogens with one attached hydrogen (secondary N) is 3. The molecule has 1 aliphatic rings. The molecule has 0 bridgehead atoms. The number of rotatable bonds is 2. The van der Waals surface area contributed by atoms with E-state index in [9.17, 15) is 9.59 Å². The van der Waals surface area contributed by atoms with Gasteiger partial charge in [0.2, 0.25) is 11.8 Å². The van der Waals surface area contributed by atoms with Gasteiger partial charge < -0.3 is 10.6 Å². The fourth-order valence-electron chi connectivity index (χ4n) is 1.97. The van der Waals surface area contributed by atoms with Crippen LogP contribution in [-0.2, 0) is 9.59 Å². The molecule has 1 unspecified atom stereocenters. The van der Waals surface area contributed by atoms with Crippen LogP contribution in [0.1, 0.15) is 11.1 Å². The van der Waals surface area contributed by atoms with Crippen molar-refractivity contribution >= 4 is 17.5 Å². The fraction of sp³-hybridized carbons (Fsp3) is 0.385. The summed E-state index contributed by atoms with van der Waals surface area (Å²) < 4.78 is 0. The molecule has 1 heterocycles. The molecule has 0 spiro atoms. The molecule has 0 radical (unpaired) electrons. The monoisotopic (exact) mass is 247 g/mol. The second kappa shape index (κ2) is 5.18. The van der Waals surface area contributed by atoms with Gasteiger partial charge in [-0.25, -0.2) is 0 Å². The van der Waals surface area contributed by atoms with E-state index in [4.69, 9.17) is 0 Å². The minimum Gasteiger partial charge on any atom is -0.353 e. The molecule has 1 atom stereocenters. The number of hydrogen-bond acceptors (Lipinski definition) is 3. The van der Waals surface area contributed by atoms with Gasteiger partial charge in [-0.15, -0.1) is 0 Å². The number of hydrogen-bond donors (Lipinski definition) is 3. The molecule has 0 aliphatic carbocycles. The number of amides is 2. The van der Waals surface area contributed by atoms with E-state index in [1.165, 1.54) is 0 Å². The Hall–Kier alpha value is -1.88. The van der Waals surface area contributed by atoms with E-state index in [1.807, 2.05) is 32.0 Å². The average Bonchev–Trinajstić information content (AvgIpc) is 2.34. The molecule has 1 aromatic rings. The van der Waals surface area contributed by atoms with E-state index in [0.29, 0.717) is 6.54 Å². The number of carbonyl (C=O) groups is 2. The zero-order valence-corrected chi connectivity index (χ0v) is 10.5. The first kappa shape index (κ1) is 12.6. The predicted octanol–water partition coefficient (Wildman–Crippen LogP) is 0.330. The predicted molar refractivity (Wildman–Crippen MR) is 69.3 cm³/mol. The van der Waals surface area contributed by atoms with Gasteiger partial charge in [-0.1, -0.05) is 18.2 Å². The highest BCUT2D eigenvalue weighted by Gasteiger charge is 2.24. The highest BCUT2D eigenvalue weighted by molar-refractivity contribution is 5.97. The Bertz CT molecular complexity index is 455. The smallest absolute Gasteiger partial charge is 0.243 e. The van der Waals surface area contributed by atoms with E-state index in [0.717, 1.165) is 16.8 Å². The van der Waals surface area contributed by atoms with Crippen molar-refractivity contribution in [1.82, 2.24) is 10.6 Å². The molecular formula is C13H17N3O2. The van der Waals surface area contributed by atoms with Gasteiger partial charge >= 0.3 is 0 Å². The second-order valence-electron chi connectivity index (χ2n) is 4.49. The number of anilines is 1. The Kier molecular flexibility index (Phi) is 3.62. The molecule has 0 aromatic heterocycles. The lowest BCUT2D eigenvalue weighted by Gasteiger charge is -2.24. The van der Waals surface area contributed by atoms with Gasteiger partial charge in [0.1, 0.15) is 6.04 Å². The third kappa shape index (κ3) is 2.68. The van der Waals surface area contributed by atoms with Gasteiger partial charge in [-0.2, -0.15) is 0 Å². The summed E-state index contributed by atoms with van der Waals surface area (Å²) in [5.41, 5.74) is 2.91. The molecule has 96 valence electrons. The molecule has 2 amide bonds. The summed E-state index contributed by atoms with van der Waals surface area (Å²) in [5.74, 6) is -0.196. The molecule has 5 heteroatoms. The summed E-state index contributed by atoms with van der Waals surface area (Å²) in [5, 5.41) is 8.48. The maximum absolute atomic E-state index is 12.1. The van der Waals surface area contributed by atoms with Crippen LogP contribution in [0.2, 0.25) is 0 Å². The molecule has 3 N–H and O–H groups in total. The van der Waals surface area contributed by atoms with E-state index in [-0.39, 0.29) is 24.4 Å². The number of aryl methyl sites for hydroxylation is 2. The normalized spacial score (nSPS) is 19.2. The summed E-state index contributed by atoms with van der Waals surface area (Å²) in [6.45, 7) is 4.43. The van der Waals surface area contributed by atoms with Crippen molar-refractivity contribution in [2.45, 2.75) is 19.9 Å². The zero-order valence-electron chi connectivity index (χ0n) is 10.5. The van der Waals surface area contributed by atoms with Crippen LogP contribution in [0.4, 0.5) is 5.69 Å². The maximum atomic E-state index is 12.1. The van der Waals surface area contributed by atoms with Crippen molar-refractivity contribution in [2.75, 3.05) is 18.4 Å². The Morgan fingerprint density at radius 1 is 1.33 bits per heavy atom. The third-order valence-corrected chi connectivity index (χ3v) is 3.06. The van der Waals surface area contributed by atoms with Crippen LogP contribution < -0.4 is 16.0 Å². The zero-order chi connectivity index (χ0) is 13.1. The average molecular weight is 247 g/mol. The Labute approximate surface area is 106 Å². The molecule has 1 aromatic carbocycles. The molecule has 18 heavy (non-hydrogen) atoms. The SMILES string of the molecule is Cc1cccc(C)c1NC(=O)C1CNC(=O)CN1. The van der Waals surface area contributed by atoms with Crippen LogP contribution in [0.25, 0.3) is 0 Å². The summed E-state index contributed by atoms with van der Waals surface area (Å²) in [7, 11) is 0. The fourth-order valence-corrected chi connectivity index (χ4v) is 1.97. The van der Waals surface area contributed by atoms with Gasteiger partial charge in [-0.3, -0.25) is 14.9 Å². The number of piperazine rings is 1. The van der Waals surface area contributed by atoms with Crippen LogP contribution in [0.3, 0.4) is 0 Å². The first-order valence-corrected chi connectivity index (χ1v) is 5.95. The Morgan fingerprint density at radius 3 is 2.56 bits per heavy atom. The standard InChI is InChI=1S/C13H17N3O2/c1-8-4-3-5-9(2)12(8)16-13(18)10-6-15-11(17)7-14-10/h3-5,10,14H,6-7H2,1-2H3,(H,15,17)(H,16,18). The topological polar surface area (TPSA) is 70.2 Å². The van der Waals surface area contributed by atoms with Gasteiger partial charge in [0.25, 0.3) is 0 Å². The number of para-hydroxylation sites is 1. The lowest BCUT2D eigenvalue weighted by molar-refractivity contribution is -0.124. The summed E-state index contributed by atoms with van der Waals surface area (Å²) in [4.78, 5) is 23.0. The van der Waals surface area contributed by atoms with Crippen LogP contribution >= 0.6 is 0 Å². The molecule has 2 rings (SSSR count). The molecule has 1 fully saturated rings. The lowest BCUT2D eigenvalue weighted by Crippen LogP contribution is -2.56. The van der Waals surface area contributed by atoms with E-state index in [2.05, 4.69) is 16.0 Å². The van der Waals surface area contributed by atoms with E-state index in [1.54, 1.807) is 0 Å². The first-order valence-electron chi connectivity index (χ1n) is 5.95. The van der Waals surface area contributed by atoms with Crippen molar-refractivity contribution in [2.24, 2.45) is 0 Å². The molecule has 5 nitrogen and oxygen atoms in total. The Morgan fingerprint density at radius 2 is 2.00 bits per heavy atom. The summed E-state index contributed by atoms with van der Waals surface area (Å²) in [6.07, 6.45) is 0. The summed E-state index contributed by atoms with van der Waals surface area (Å²) in [6, 6.07) is 5.50. The first-order chi connectivity index (χ1) is 8.58. The molecule has 0 saturated carbocycles. The highest BCUT2D eigenvalue weighted by atomic mass is 16.2. The largest absolute Gasteiger partial charge is 0.353 e. The minimum absolute atomic E-state index is 0.0777. The van der Waals surface area contributed by atoms with Crippen LogP contribution in [0, 0.1) is 13.8 Å². The van der Waals surface area contributed by atoms with Crippen LogP contribution in [0.15, 0.2) is 18.2 Å². The molecule has 1 saturated heterocycles. The van der Waals surface area contributed by atoms with Gasteiger partial charge in [-0.05, 0) is 25.0 Å². The number of carbonyl (C=O) groups excluding carboxylic acids is 2. The molecular weight excluding hydrogens is 230 g/mol. The van der Waals surface area contributed by atoms with Crippen molar-refractivity contribution < 1.29 is 9.59 Å². The van der Waals surface area contributed by atoms with Crippen LogP contribution in [-0.4, -0.2) is 30.9 Å². The van der Waals surface area contributed by atoms with Crippen LogP contribution in [0.5, 0.6) is 0 Å². The van der Waals surface area contributed by atoms with E-state index >= 15 is 0 Å². The van der Waals surface area contributed by atoms with Gasteiger partial charge in [0, 0.05) is 12.2 Å². The van der Waals surface area contributed by atoms with Crippen molar-refractivity contribution in [3.05, 3.63) is 29.3 Å². The highest BCUT2D eigenvalue weighted by Crippen LogP contribution is 2.19. The lowest BCUT2D eigenvalue weighted by atomic mass is 10.1. The van der Waals surface area contributed by atoms with Gasteiger partial charge in [0.15, 0.2) is 0 Å². The quantitative estimate of drug-likeness (QED) is 0.705. The minimum atomic E-state index is -0.373. The second-order valence-corrected chi connectivity index (χ2v) is 4.49. The van der Waals surface area contributed by atoms with E-state index < -0.39 is 0 Å². The van der Waals surface area contributed by atoms with Crippen molar-refractivity contribution in [3.8, 4) is 0 Å².